The predicted molar refractivity (Wildman–Crippen MR) is 85.2 cm³/mol. The Kier molecular flexibility index (Phi) is 7.46. The lowest BCUT2D eigenvalue weighted by molar-refractivity contribution is -0.141. The first kappa shape index (κ1) is 18.2. The summed E-state index contributed by atoms with van der Waals surface area (Å²) in [6, 6.07) is 0.251. The lowest BCUT2D eigenvalue weighted by atomic mass is 10.1. The molecule has 21 heavy (non-hydrogen) atoms. The van der Waals surface area contributed by atoms with Crippen LogP contribution in [0.25, 0.3) is 0 Å². The molecule has 0 bridgehead atoms. The average molecular weight is 318 g/mol. The third kappa shape index (κ3) is 4.85. The minimum Gasteiger partial charge on any atom is -0.338 e. The number of hydrogen-bond acceptors (Lipinski definition) is 3. The van der Waals surface area contributed by atoms with E-state index in [1.807, 2.05) is 4.90 Å². The molecule has 5 nitrogen and oxygen atoms in total. The Morgan fingerprint density at radius 3 is 2.67 bits per heavy atom. The number of carbonyl (C=O) groups is 2. The highest BCUT2D eigenvalue weighted by atomic mass is 35.5. The second-order valence-electron chi connectivity index (χ2n) is 6.21. The van der Waals surface area contributed by atoms with Gasteiger partial charge in [-0.1, -0.05) is 12.8 Å². The van der Waals surface area contributed by atoms with Gasteiger partial charge in [-0.25, -0.2) is 0 Å². The molecular weight excluding hydrogens is 290 g/mol. The summed E-state index contributed by atoms with van der Waals surface area (Å²) in [5, 5.41) is 0. The third-order valence-corrected chi connectivity index (χ3v) is 4.56. The molecular formula is C15H28ClN3O2. The van der Waals surface area contributed by atoms with Crippen molar-refractivity contribution >= 4 is 24.2 Å². The Labute approximate surface area is 133 Å². The fraction of sp³-hybridized carbons (Fsp3) is 0.867. The van der Waals surface area contributed by atoms with Crippen molar-refractivity contribution in [3.05, 3.63) is 0 Å². The Morgan fingerprint density at radius 1 is 1.29 bits per heavy atom. The largest absolute Gasteiger partial charge is 0.338 e. The molecule has 2 rings (SSSR count). The van der Waals surface area contributed by atoms with Crippen LogP contribution in [-0.2, 0) is 9.59 Å². The molecule has 2 atom stereocenters. The van der Waals surface area contributed by atoms with Gasteiger partial charge >= 0.3 is 0 Å². The van der Waals surface area contributed by atoms with E-state index < -0.39 is 0 Å². The van der Waals surface area contributed by atoms with Crippen LogP contribution in [0.5, 0.6) is 0 Å². The van der Waals surface area contributed by atoms with Crippen molar-refractivity contribution in [1.82, 2.24) is 9.80 Å². The summed E-state index contributed by atoms with van der Waals surface area (Å²) in [6.07, 6.45) is 5.84. The number of amides is 2. The Balaban J connectivity index is 0.00000220. The summed E-state index contributed by atoms with van der Waals surface area (Å²) in [5.41, 5.74) is 5.70. The quantitative estimate of drug-likeness (QED) is 0.855. The zero-order valence-corrected chi connectivity index (χ0v) is 13.7. The summed E-state index contributed by atoms with van der Waals surface area (Å²) in [6.45, 7) is 4.44. The SMILES string of the molecule is CC1CC(CN)CN1C(=O)CN1CCCCCCC1=O.Cl. The van der Waals surface area contributed by atoms with Crippen molar-refractivity contribution in [3.63, 3.8) is 0 Å². The van der Waals surface area contributed by atoms with Crippen LogP contribution in [-0.4, -0.2) is 53.8 Å². The van der Waals surface area contributed by atoms with E-state index in [1.54, 1.807) is 4.90 Å². The molecule has 2 fully saturated rings. The first-order chi connectivity index (χ1) is 9.61. The fourth-order valence-corrected chi connectivity index (χ4v) is 3.30. The maximum atomic E-state index is 12.4. The first-order valence-corrected chi connectivity index (χ1v) is 7.89. The van der Waals surface area contributed by atoms with Gasteiger partial charge in [0.25, 0.3) is 0 Å². The van der Waals surface area contributed by atoms with Crippen LogP contribution in [0.1, 0.15) is 45.4 Å². The van der Waals surface area contributed by atoms with Gasteiger partial charge < -0.3 is 15.5 Å². The standard InChI is InChI=1S/C15H27N3O2.ClH/c1-12-8-13(9-16)10-18(12)15(20)11-17-7-5-3-2-4-6-14(17)19;/h12-13H,2-11,16H2,1H3;1H. The lowest BCUT2D eigenvalue weighted by Gasteiger charge is -2.28. The van der Waals surface area contributed by atoms with E-state index in [0.717, 1.165) is 45.2 Å². The number of carbonyl (C=O) groups excluding carboxylic acids is 2. The van der Waals surface area contributed by atoms with E-state index in [2.05, 4.69) is 6.92 Å². The molecule has 0 saturated carbocycles. The summed E-state index contributed by atoms with van der Waals surface area (Å²) in [7, 11) is 0. The number of nitrogens with zero attached hydrogens (tertiary/aromatic N) is 2. The molecule has 0 aromatic rings. The fourth-order valence-electron chi connectivity index (χ4n) is 3.30. The summed E-state index contributed by atoms with van der Waals surface area (Å²) in [5.74, 6) is 0.639. The molecule has 2 saturated heterocycles. The zero-order valence-electron chi connectivity index (χ0n) is 12.9. The van der Waals surface area contributed by atoms with Gasteiger partial charge in [0.05, 0.1) is 6.54 Å². The maximum absolute atomic E-state index is 12.4. The normalized spacial score (nSPS) is 27.0. The molecule has 0 aromatic heterocycles. The van der Waals surface area contributed by atoms with Gasteiger partial charge in [-0.15, -0.1) is 12.4 Å². The summed E-state index contributed by atoms with van der Waals surface area (Å²) < 4.78 is 0. The van der Waals surface area contributed by atoms with E-state index in [1.165, 1.54) is 0 Å². The van der Waals surface area contributed by atoms with E-state index in [4.69, 9.17) is 5.73 Å². The average Bonchev–Trinajstić information content (AvgIpc) is 2.80. The zero-order chi connectivity index (χ0) is 14.5. The van der Waals surface area contributed by atoms with Gasteiger partial charge in [0.2, 0.25) is 11.8 Å². The van der Waals surface area contributed by atoms with Crippen LogP contribution in [0.2, 0.25) is 0 Å². The van der Waals surface area contributed by atoms with Crippen LogP contribution >= 0.6 is 12.4 Å². The number of halogens is 1. The predicted octanol–water partition coefficient (Wildman–Crippen LogP) is 1.40. The highest BCUT2D eigenvalue weighted by molar-refractivity contribution is 5.85. The van der Waals surface area contributed by atoms with Crippen LogP contribution in [0.3, 0.4) is 0 Å². The van der Waals surface area contributed by atoms with E-state index in [0.29, 0.717) is 18.9 Å². The molecule has 0 aromatic carbocycles. The molecule has 2 unspecified atom stereocenters. The second-order valence-corrected chi connectivity index (χ2v) is 6.21. The molecule has 122 valence electrons. The van der Waals surface area contributed by atoms with Crippen molar-refractivity contribution in [1.29, 1.82) is 0 Å². The monoisotopic (exact) mass is 317 g/mol. The number of rotatable bonds is 3. The van der Waals surface area contributed by atoms with Crippen LogP contribution in [0, 0.1) is 5.92 Å². The first-order valence-electron chi connectivity index (χ1n) is 7.89. The number of likely N-dealkylation sites (tertiary alicyclic amines) is 2. The van der Waals surface area contributed by atoms with Gasteiger partial charge in [-0.05, 0) is 38.6 Å². The molecule has 2 N–H and O–H groups in total. The van der Waals surface area contributed by atoms with E-state index in [9.17, 15) is 9.59 Å². The van der Waals surface area contributed by atoms with Gasteiger partial charge in [-0.2, -0.15) is 0 Å². The van der Waals surface area contributed by atoms with Crippen molar-refractivity contribution in [3.8, 4) is 0 Å². The molecule has 2 amide bonds. The van der Waals surface area contributed by atoms with Gasteiger partial charge in [0, 0.05) is 25.6 Å². The molecule has 0 radical (unpaired) electrons. The summed E-state index contributed by atoms with van der Waals surface area (Å²) >= 11 is 0. The van der Waals surface area contributed by atoms with Crippen LogP contribution < -0.4 is 5.73 Å². The Morgan fingerprint density at radius 2 is 2.00 bits per heavy atom. The topological polar surface area (TPSA) is 66.6 Å². The Hall–Kier alpha value is -0.810. The smallest absolute Gasteiger partial charge is 0.242 e. The van der Waals surface area contributed by atoms with Crippen LogP contribution in [0.15, 0.2) is 0 Å². The highest BCUT2D eigenvalue weighted by Gasteiger charge is 2.32. The maximum Gasteiger partial charge on any atom is 0.242 e. The van der Waals surface area contributed by atoms with Gasteiger partial charge in [-0.3, -0.25) is 9.59 Å². The molecule has 0 aliphatic carbocycles. The summed E-state index contributed by atoms with van der Waals surface area (Å²) in [4.78, 5) is 28.1. The van der Waals surface area contributed by atoms with Crippen molar-refractivity contribution < 1.29 is 9.59 Å². The molecule has 2 heterocycles. The molecule has 2 aliphatic rings. The minimum absolute atomic E-state index is 0. The van der Waals surface area contributed by atoms with Gasteiger partial charge in [0.15, 0.2) is 0 Å². The van der Waals surface area contributed by atoms with E-state index >= 15 is 0 Å². The van der Waals surface area contributed by atoms with Crippen molar-refractivity contribution in [2.24, 2.45) is 11.7 Å². The Bertz CT molecular complexity index is 365. The number of hydrogen-bond donors (Lipinski definition) is 1. The number of nitrogens with two attached hydrogens (primary N) is 1. The van der Waals surface area contributed by atoms with E-state index in [-0.39, 0.29) is 36.8 Å². The molecule has 2 aliphatic heterocycles. The van der Waals surface area contributed by atoms with Crippen molar-refractivity contribution in [2.45, 2.75) is 51.5 Å². The second kappa shape index (κ2) is 8.59. The molecule has 6 heteroatoms. The minimum atomic E-state index is 0. The third-order valence-electron chi connectivity index (χ3n) is 4.56. The van der Waals surface area contributed by atoms with Crippen LogP contribution in [0.4, 0.5) is 0 Å². The molecule has 0 spiro atoms. The lowest BCUT2D eigenvalue weighted by Crippen LogP contribution is -2.45. The highest BCUT2D eigenvalue weighted by Crippen LogP contribution is 2.22. The van der Waals surface area contributed by atoms with Gasteiger partial charge in [0.1, 0.15) is 0 Å². The van der Waals surface area contributed by atoms with Crippen molar-refractivity contribution in [2.75, 3.05) is 26.2 Å².